The molecule has 1 atom stereocenters. The Labute approximate surface area is 112 Å². The smallest absolute Gasteiger partial charge is 0.406 e. The molecule has 0 aliphatic rings. The third kappa shape index (κ3) is 5.10. The second-order valence-corrected chi connectivity index (χ2v) is 4.95. The maximum absolute atomic E-state index is 12.1. The highest BCUT2D eigenvalue weighted by Crippen LogP contribution is 2.30. The Morgan fingerprint density at radius 3 is 2.56 bits per heavy atom. The molecule has 6 heteroatoms. The zero-order valence-electron chi connectivity index (χ0n) is 9.72. The molecule has 0 heterocycles. The van der Waals surface area contributed by atoms with Gasteiger partial charge in [-0.25, -0.2) is 0 Å². The van der Waals surface area contributed by atoms with Gasteiger partial charge in [0, 0.05) is 10.5 Å². The van der Waals surface area contributed by atoms with Crippen LogP contribution in [-0.2, 0) is 0 Å². The molecule has 2 N–H and O–H groups in total. The molecule has 0 radical (unpaired) electrons. The zero-order chi connectivity index (χ0) is 13.9. The molecule has 0 fully saturated rings. The molecule has 18 heavy (non-hydrogen) atoms. The van der Waals surface area contributed by atoms with Gasteiger partial charge in [-0.15, -0.1) is 19.8 Å². The number of halogens is 4. The minimum absolute atomic E-state index is 0.288. The van der Waals surface area contributed by atoms with E-state index in [0.717, 1.165) is 5.57 Å². The van der Waals surface area contributed by atoms with Gasteiger partial charge < -0.3 is 10.5 Å². The maximum atomic E-state index is 12.1. The molecule has 1 aromatic carbocycles. The molecule has 0 aliphatic carbocycles. The van der Waals surface area contributed by atoms with E-state index in [-0.39, 0.29) is 5.75 Å². The predicted molar refractivity (Wildman–Crippen MR) is 67.2 cm³/mol. The normalized spacial score (nSPS) is 13.2. The van der Waals surface area contributed by atoms with Crippen molar-refractivity contribution in [1.29, 1.82) is 0 Å². The Balaban J connectivity index is 2.97. The molecule has 0 saturated carbocycles. The summed E-state index contributed by atoms with van der Waals surface area (Å²) in [4.78, 5) is 0. The maximum Gasteiger partial charge on any atom is 0.573 e. The standard InChI is InChI=1S/C12H13BrF3NO/c1-7(2)3-11(17)8-4-9(13)6-10(5-8)18-12(14,15)16/h4-6,11H,1,3,17H2,2H3/t11-/m1/s1. The van der Waals surface area contributed by atoms with E-state index in [2.05, 4.69) is 27.2 Å². The third-order valence-electron chi connectivity index (χ3n) is 2.12. The largest absolute Gasteiger partial charge is 0.573 e. The van der Waals surface area contributed by atoms with Crippen LogP contribution in [0.5, 0.6) is 5.75 Å². The van der Waals surface area contributed by atoms with Crippen molar-refractivity contribution in [3.05, 3.63) is 40.4 Å². The number of hydrogen-bond acceptors (Lipinski definition) is 2. The van der Waals surface area contributed by atoms with Crippen LogP contribution in [0.2, 0.25) is 0 Å². The van der Waals surface area contributed by atoms with Gasteiger partial charge in [0.15, 0.2) is 0 Å². The molecule has 0 aliphatic heterocycles. The van der Waals surface area contributed by atoms with E-state index in [1.54, 1.807) is 6.07 Å². The summed E-state index contributed by atoms with van der Waals surface area (Å²) < 4.78 is 40.8. The summed E-state index contributed by atoms with van der Waals surface area (Å²) in [6.45, 7) is 5.53. The first kappa shape index (κ1) is 15.0. The Bertz CT molecular complexity index is 445. The lowest BCUT2D eigenvalue weighted by molar-refractivity contribution is -0.274. The highest BCUT2D eigenvalue weighted by atomic mass is 79.9. The zero-order valence-corrected chi connectivity index (χ0v) is 11.3. The summed E-state index contributed by atoms with van der Waals surface area (Å²) in [5.41, 5.74) is 7.30. The molecule has 1 aromatic rings. The summed E-state index contributed by atoms with van der Waals surface area (Å²) >= 11 is 3.13. The fourth-order valence-corrected chi connectivity index (χ4v) is 1.97. The fraction of sp³-hybridized carbons (Fsp3) is 0.333. The van der Waals surface area contributed by atoms with Gasteiger partial charge in [0.25, 0.3) is 0 Å². The first-order valence-corrected chi connectivity index (χ1v) is 5.93. The van der Waals surface area contributed by atoms with Crippen LogP contribution in [0.25, 0.3) is 0 Å². The van der Waals surface area contributed by atoms with Crippen LogP contribution in [0.15, 0.2) is 34.8 Å². The van der Waals surface area contributed by atoms with Gasteiger partial charge in [0.1, 0.15) is 5.75 Å². The summed E-state index contributed by atoms with van der Waals surface area (Å²) in [6.07, 6.45) is -4.21. The van der Waals surface area contributed by atoms with Crippen LogP contribution >= 0.6 is 15.9 Å². The molecule has 0 saturated heterocycles. The molecule has 1 rings (SSSR count). The molecule has 0 spiro atoms. The third-order valence-corrected chi connectivity index (χ3v) is 2.58. The number of alkyl halides is 3. The highest BCUT2D eigenvalue weighted by Gasteiger charge is 2.31. The van der Waals surface area contributed by atoms with Crippen molar-refractivity contribution in [2.24, 2.45) is 5.73 Å². The lowest BCUT2D eigenvalue weighted by Gasteiger charge is -2.15. The minimum Gasteiger partial charge on any atom is -0.406 e. The van der Waals surface area contributed by atoms with E-state index in [9.17, 15) is 13.2 Å². The molecule has 0 unspecified atom stereocenters. The van der Waals surface area contributed by atoms with Crippen molar-refractivity contribution < 1.29 is 17.9 Å². The molecular formula is C12H13BrF3NO. The van der Waals surface area contributed by atoms with E-state index < -0.39 is 12.4 Å². The highest BCUT2D eigenvalue weighted by molar-refractivity contribution is 9.10. The van der Waals surface area contributed by atoms with E-state index >= 15 is 0 Å². The SMILES string of the molecule is C=C(C)C[C@@H](N)c1cc(Br)cc(OC(F)(F)F)c1. The number of nitrogens with two attached hydrogens (primary N) is 1. The van der Waals surface area contributed by atoms with Gasteiger partial charge in [-0.1, -0.05) is 21.5 Å². The van der Waals surface area contributed by atoms with Crippen LogP contribution in [-0.4, -0.2) is 6.36 Å². The lowest BCUT2D eigenvalue weighted by Crippen LogP contribution is -2.18. The predicted octanol–water partition coefficient (Wildman–Crippen LogP) is 4.31. The fourth-order valence-electron chi connectivity index (χ4n) is 1.48. The van der Waals surface area contributed by atoms with Gasteiger partial charge in [-0.05, 0) is 37.1 Å². The van der Waals surface area contributed by atoms with Crippen molar-refractivity contribution in [2.75, 3.05) is 0 Å². The molecule has 0 aromatic heterocycles. The van der Waals surface area contributed by atoms with Gasteiger partial charge in [0.05, 0.1) is 0 Å². The molecule has 0 bridgehead atoms. The van der Waals surface area contributed by atoms with Crippen LogP contribution < -0.4 is 10.5 Å². The monoisotopic (exact) mass is 323 g/mol. The quantitative estimate of drug-likeness (QED) is 0.838. The van der Waals surface area contributed by atoms with Crippen LogP contribution in [0.4, 0.5) is 13.2 Å². The Hall–Kier alpha value is -1.01. The Morgan fingerprint density at radius 1 is 1.44 bits per heavy atom. The second-order valence-electron chi connectivity index (χ2n) is 4.04. The average Bonchev–Trinajstić information content (AvgIpc) is 2.12. The Morgan fingerprint density at radius 2 is 2.06 bits per heavy atom. The summed E-state index contributed by atoms with van der Waals surface area (Å²) in [7, 11) is 0. The van der Waals surface area contributed by atoms with Gasteiger partial charge >= 0.3 is 6.36 Å². The summed E-state index contributed by atoms with van der Waals surface area (Å²) in [6, 6.07) is 3.78. The minimum atomic E-state index is -4.71. The van der Waals surface area contributed by atoms with Gasteiger partial charge in [-0.3, -0.25) is 0 Å². The second kappa shape index (κ2) is 5.75. The molecule has 100 valence electrons. The van der Waals surface area contributed by atoms with Crippen molar-refractivity contribution in [2.45, 2.75) is 25.7 Å². The van der Waals surface area contributed by atoms with Crippen molar-refractivity contribution in [3.8, 4) is 5.75 Å². The van der Waals surface area contributed by atoms with E-state index in [4.69, 9.17) is 5.73 Å². The first-order chi connectivity index (χ1) is 8.17. The molecule has 0 amide bonds. The van der Waals surface area contributed by atoms with Crippen LogP contribution in [0.1, 0.15) is 24.9 Å². The number of rotatable bonds is 4. The lowest BCUT2D eigenvalue weighted by atomic mass is 10.0. The van der Waals surface area contributed by atoms with E-state index in [1.165, 1.54) is 12.1 Å². The van der Waals surface area contributed by atoms with Gasteiger partial charge in [0.2, 0.25) is 0 Å². The first-order valence-electron chi connectivity index (χ1n) is 5.13. The van der Waals surface area contributed by atoms with Crippen molar-refractivity contribution in [3.63, 3.8) is 0 Å². The van der Waals surface area contributed by atoms with Crippen LogP contribution in [0, 0.1) is 0 Å². The van der Waals surface area contributed by atoms with E-state index in [0.29, 0.717) is 16.5 Å². The number of ether oxygens (including phenoxy) is 1. The Kier molecular flexibility index (Phi) is 4.81. The average molecular weight is 324 g/mol. The van der Waals surface area contributed by atoms with Crippen LogP contribution in [0.3, 0.4) is 0 Å². The number of benzene rings is 1. The van der Waals surface area contributed by atoms with E-state index in [1.807, 2.05) is 6.92 Å². The topological polar surface area (TPSA) is 35.2 Å². The van der Waals surface area contributed by atoms with Crippen molar-refractivity contribution >= 4 is 15.9 Å². The number of hydrogen-bond donors (Lipinski definition) is 1. The molecular weight excluding hydrogens is 311 g/mol. The summed E-state index contributed by atoms with van der Waals surface area (Å²) in [5, 5.41) is 0. The molecule has 2 nitrogen and oxygen atoms in total. The van der Waals surface area contributed by atoms with Crippen molar-refractivity contribution in [1.82, 2.24) is 0 Å². The van der Waals surface area contributed by atoms with Gasteiger partial charge in [-0.2, -0.15) is 0 Å². The summed E-state index contributed by atoms with van der Waals surface area (Å²) in [5.74, 6) is -0.288.